The van der Waals surface area contributed by atoms with Gasteiger partial charge in [-0.25, -0.2) is 13.8 Å². The van der Waals surface area contributed by atoms with Gasteiger partial charge in [0.05, 0.1) is 24.9 Å². The zero-order valence-corrected chi connectivity index (χ0v) is 33.1. The number of aromatic nitrogens is 3. The van der Waals surface area contributed by atoms with Crippen LogP contribution in [0.1, 0.15) is 96.0 Å². The monoisotopic (exact) mass is 781 g/mol. The predicted molar refractivity (Wildman–Crippen MR) is 215 cm³/mol. The number of aliphatic hydroxyl groups is 1. The first-order valence-corrected chi connectivity index (χ1v) is 20.8. The van der Waals surface area contributed by atoms with E-state index in [2.05, 4.69) is 15.8 Å². The van der Waals surface area contributed by atoms with E-state index in [9.17, 15) is 10.2 Å². The maximum Gasteiger partial charge on any atom is 0.319 e. The van der Waals surface area contributed by atoms with Crippen LogP contribution < -0.4 is 14.4 Å². The van der Waals surface area contributed by atoms with Gasteiger partial charge in [-0.1, -0.05) is 18.4 Å². The first kappa shape index (κ1) is 38.2. The number of hydrogen-bond acceptors (Lipinski definition) is 10. The molecule has 9 rings (SSSR count). The van der Waals surface area contributed by atoms with Gasteiger partial charge in [-0.15, -0.1) is 6.42 Å². The summed E-state index contributed by atoms with van der Waals surface area (Å²) in [6.45, 7) is 5.89. The largest absolute Gasteiger partial charge is 0.508 e. The summed E-state index contributed by atoms with van der Waals surface area (Å²) in [5, 5.41) is 22.8. The van der Waals surface area contributed by atoms with Crippen molar-refractivity contribution in [2.75, 3.05) is 51.5 Å². The number of methoxy groups -OCH3 is 1. The Kier molecular flexibility index (Phi) is 9.93. The minimum atomic E-state index is -1.00. The highest BCUT2D eigenvalue weighted by atomic mass is 19.1. The summed E-state index contributed by atoms with van der Waals surface area (Å²) >= 11 is 0. The molecule has 2 aromatic carbocycles. The molecule has 2 N–H and O–H groups in total. The number of benzene rings is 2. The van der Waals surface area contributed by atoms with Crippen molar-refractivity contribution in [3.63, 3.8) is 0 Å². The van der Waals surface area contributed by atoms with Crippen LogP contribution in [0.4, 0.5) is 14.6 Å². The number of halogens is 2. The number of ether oxygens (including phenoxy) is 3. The smallest absolute Gasteiger partial charge is 0.319 e. The second-order valence-corrected chi connectivity index (χ2v) is 17.8. The molecule has 3 atom stereocenters. The molecule has 0 radical (unpaired) electrons. The lowest BCUT2D eigenvalue weighted by atomic mass is 9.66. The number of β-amino-alcohol motifs (C(OH)–C–C–N with tert-alkyl or cyclic N) is 1. The molecule has 3 aliphatic heterocycles. The fraction of sp³-hybridized carbons (Fsp3) is 0.578. The third kappa shape index (κ3) is 6.83. The second kappa shape index (κ2) is 14.8. The van der Waals surface area contributed by atoms with Crippen molar-refractivity contribution in [2.24, 2.45) is 10.8 Å². The van der Waals surface area contributed by atoms with E-state index >= 15 is 8.78 Å². The average molecular weight is 782 g/mol. The molecule has 2 saturated carbocycles. The quantitative estimate of drug-likeness (QED) is 0.179. The van der Waals surface area contributed by atoms with Crippen LogP contribution in [0.3, 0.4) is 0 Å². The van der Waals surface area contributed by atoms with Gasteiger partial charge in [0.2, 0.25) is 5.88 Å². The minimum Gasteiger partial charge on any atom is -0.508 e. The first-order valence-electron chi connectivity index (χ1n) is 20.8. The van der Waals surface area contributed by atoms with Crippen LogP contribution in [0.5, 0.6) is 17.6 Å². The zero-order valence-electron chi connectivity index (χ0n) is 33.1. The lowest BCUT2D eigenvalue weighted by molar-refractivity contribution is -0.0574. The number of likely N-dealkylation sites (tertiary alicyclic amines) is 1. The van der Waals surface area contributed by atoms with Gasteiger partial charge >= 0.3 is 6.01 Å². The summed E-state index contributed by atoms with van der Waals surface area (Å²) in [6.07, 6.45) is 19.9. The van der Waals surface area contributed by atoms with E-state index in [0.29, 0.717) is 54.7 Å². The molecule has 12 heteroatoms. The maximum atomic E-state index is 17.4. The molecule has 4 aromatic rings. The van der Waals surface area contributed by atoms with Crippen molar-refractivity contribution in [1.29, 1.82) is 0 Å². The molecule has 0 amide bonds. The van der Waals surface area contributed by atoms with Crippen molar-refractivity contribution < 1.29 is 33.2 Å². The average Bonchev–Trinajstić information content (AvgIpc) is 3.65. The van der Waals surface area contributed by atoms with Gasteiger partial charge in [-0.2, -0.15) is 9.97 Å². The molecule has 5 heterocycles. The highest BCUT2D eigenvalue weighted by Crippen LogP contribution is 2.52. The van der Waals surface area contributed by atoms with Crippen molar-refractivity contribution in [3.8, 4) is 41.2 Å². The van der Waals surface area contributed by atoms with Crippen molar-refractivity contribution in [2.45, 2.75) is 108 Å². The topological polar surface area (TPSA) is 113 Å². The van der Waals surface area contributed by atoms with Crippen molar-refractivity contribution in [3.05, 3.63) is 41.5 Å². The van der Waals surface area contributed by atoms with E-state index in [-0.39, 0.29) is 62.7 Å². The molecule has 10 nitrogen and oxygen atoms in total. The number of nitrogens with zero attached hydrogens (tertiary/aromatic N) is 5. The molecule has 1 spiro atoms. The molecule has 3 unspecified atom stereocenters. The normalized spacial score (nSPS) is 26.8. The molecule has 302 valence electrons. The van der Waals surface area contributed by atoms with Crippen LogP contribution in [0.15, 0.2) is 24.3 Å². The van der Waals surface area contributed by atoms with Crippen LogP contribution in [0.25, 0.3) is 32.9 Å². The van der Waals surface area contributed by atoms with Crippen molar-refractivity contribution >= 4 is 27.5 Å². The van der Waals surface area contributed by atoms with Crippen LogP contribution >= 0.6 is 0 Å². The van der Waals surface area contributed by atoms with E-state index < -0.39 is 17.2 Å². The van der Waals surface area contributed by atoms with E-state index in [1.165, 1.54) is 69.9 Å². The summed E-state index contributed by atoms with van der Waals surface area (Å²) in [4.78, 5) is 19.1. The van der Waals surface area contributed by atoms with E-state index in [4.69, 9.17) is 30.6 Å². The van der Waals surface area contributed by atoms with Crippen LogP contribution in [0, 0.1) is 34.8 Å². The number of phenols is 1. The molecule has 57 heavy (non-hydrogen) atoms. The molecule has 5 fully saturated rings. The Morgan fingerprint density at radius 2 is 1.72 bits per heavy atom. The molecule has 2 aliphatic carbocycles. The Bertz CT molecular complexity index is 2230. The fourth-order valence-corrected chi connectivity index (χ4v) is 11.3. The van der Waals surface area contributed by atoms with Gasteiger partial charge < -0.3 is 29.3 Å². The summed E-state index contributed by atoms with van der Waals surface area (Å²) in [6, 6.07) is 6.48. The number of aromatic hydroxyl groups is 1. The maximum absolute atomic E-state index is 17.4. The van der Waals surface area contributed by atoms with Crippen LogP contribution in [0.2, 0.25) is 0 Å². The van der Waals surface area contributed by atoms with Crippen LogP contribution in [-0.4, -0.2) is 94.3 Å². The highest BCUT2D eigenvalue weighted by molar-refractivity contribution is 6.04. The van der Waals surface area contributed by atoms with Gasteiger partial charge in [0.25, 0.3) is 0 Å². The second-order valence-electron chi connectivity index (χ2n) is 17.8. The van der Waals surface area contributed by atoms with Gasteiger partial charge in [0.15, 0.2) is 5.82 Å². The lowest BCUT2D eigenvalue weighted by Gasteiger charge is -2.52. The zero-order chi connectivity index (χ0) is 39.5. The Balaban J connectivity index is 1.10. The summed E-state index contributed by atoms with van der Waals surface area (Å²) in [7, 11) is 1.43. The Morgan fingerprint density at radius 1 is 0.947 bits per heavy atom. The number of pyridine rings is 1. The Hall–Kier alpha value is -4.31. The molecular weight excluding hydrogens is 729 g/mol. The molecule has 2 aromatic heterocycles. The molecular formula is C45H53F2N5O5. The number of fused-ring (bicyclic) bond motifs is 3. The van der Waals surface area contributed by atoms with Gasteiger partial charge in [-0.05, 0) is 120 Å². The number of hydrogen-bond donors (Lipinski definition) is 2. The molecule has 3 saturated heterocycles. The SMILES string of the molecule is C#Cc1c(F)ccc2cc(O)cc(-c3nc(OC)c4c(N5CCCC(C)(O)C5)nc(OCC56CCCC5N(C5CCC7(CCOCC7)CC5)CCC6)nc4c3F)c12. The number of phenolic OH excluding ortho intramolecular Hbond substituents is 1. The standard InChI is InChI=1S/C45H53F2N5O5/c1-4-31-33(46)10-9-28-24-30(53)25-32(35(28)31)38-37(47)39-36(41(48-38)55-3)40(51-20-6-13-43(2,54)26-51)50-42(49-39)57-27-45-14-5-8-34(45)52(21-7-15-45)29-11-16-44(17-12-29)18-22-56-23-19-44/h1,9-10,24-25,29,34,53-54H,5-8,11-23,26-27H2,2-3H3. The molecule has 0 bridgehead atoms. The fourth-order valence-electron chi connectivity index (χ4n) is 11.3. The van der Waals surface area contributed by atoms with Gasteiger partial charge in [0, 0.05) is 54.8 Å². The van der Waals surface area contributed by atoms with Crippen LogP contribution in [-0.2, 0) is 4.74 Å². The Morgan fingerprint density at radius 3 is 2.47 bits per heavy atom. The number of piperidine rings is 2. The van der Waals surface area contributed by atoms with E-state index in [1.807, 2.05) is 4.90 Å². The summed E-state index contributed by atoms with van der Waals surface area (Å²) in [5.74, 6) is 1.16. The summed E-state index contributed by atoms with van der Waals surface area (Å²) < 4.78 is 50.7. The minimum absolute atomic E-state index is 0.0354. The third-order valence-corrected chi connectivity index (χ3v) is 14.2. The van der Waals surface area contributed by atoms with E-state index in [1.54, 1.807) is 6.92 Å². The highest BCUT2D eigenvalue weighted by Gasteiger charge is 2.51. The molecule has 5 aliphatic rings. The van der Waals surface area contributed by atoms with Gasteiger partial charge in [-0.3, -0.25) is 4.90 Å². The summed E-state index contributed by atoms with van der Waals surface area (Å²) in [5.41, 5.74) is -0.906. The Labute approximate surface area is 332 Å². The van der Waals surface area contributed by atoms with Crippen molar-refractivity contribution in [1.82, 2.24) is 19.9 Å². The lowest BCUT2D eigenvalue weighted by Crippen LogP contribution is -2.56. The van der Waals surface area contributed by atoms with Gasteiger partial charge in [0.1, 0.15) is 34.0 Å². The number of terminal acetylenes is 1. The predicted octanol–water partition coefficient (Wildman–Crippen LogP) is 7.92. The first-order chi connectivity index (χ1) is 27.5. The number of anilines is 1. The van der Waals surface area contributed by atoms with E-state index in [0.717, 1.165) is 51.9 Å². The number of rotatable bonds is 7. The third-order valence-electron chi connectivity index (χ3n) is 14.2.